The number of furan rings is 1. The SMILES string of the molecule is CCOc1ccccc1-n1c(C(C)N(Cc2ccco2)C(=O)C2CCC2)nc2ccccc2c1=O. The van der Waals surface area contributed by atoms with E-state index in [1.54, 1.807) is 21.8 Å². The molecule has 2 aromatic heterocycles. The topological polar surface area (TPSA) is 77.6 Å². The van der Waals surface area contributed by atoms with Crippen LogP contribution in [0.2, 0.25) is 0 Å². The minimum Gasteiger partial charge on any atom is -0.492 e. The van der Waals surface area contributed by atoms with Gasteiger partial charge in [-0.15, -0.1) is 0 Å². The van der Waals surface area contributed by atoms with E-state index in [1.165, 1.54) is 0 Å². The molecule has 1 saturated carbocycles. The fourth-order valence-electron chi connectivity index (χ4n) is 4.59. The number of para-hydroxylation sites is 3. The van der Waals surface area contributed by atoms with Crippen LogP contribution >= 0.6 is 0 Å². The van der Waals surface area contributed by atoms with Crippen LogP contribution in [-0.4, -0.2) is 27.0 Å². The summed E-state index contributed by atoms with van der Waals surface area (Å²) in [6.07, 6.45) is 4.42. The van der Waals surface area contributed by atoms with E-state index in [0.717, 1.165) is 19.3 Å². The first-order valence-electron chi connectivity index (χ1n) is 12.1. The van der Waals surface area contributed by atoms with Gasteiger partial charge in [-0.2, -0.15) is 0 Å². The van der Waals surface area contributed by atoms with Crippen molar-refractivity contribution in [1.29, 1.82) is 0 Å². The predicted molar refractivity (Wildman–Crippen MR) is 134 cm³/mol. The Bertz CT molecular complexity index is 1390. The monoisotopic (exact) mass is 471 g/mol. The average molecular weight is 472 g/mol. The molecule has 4 aromatic rings. The van der Waals surface area contributed by atoms with Crippen LogP contribution in [0.1, 0.15) is 50.7 Å². The van der Waals surface area contributed by atoms with Gasteiger partial charge in [-0.3, -0.25) is 14.2 Å². The molecule has 7 heteroatoms. The Labute approximate surface area is 204 Å². The average Bonchev–Trinajstić information content (AvgIpc) is 3.35. The molecule has 1 amide bonds. The lowest BCUT2D eigenvalue weighted by atomic mass is 9.84. The second kappa shape index (κ2) is 9.78. The number of ether oxygens (including phenoxy) is 1. The van der Waals surface area contributed by atoms with E-state index in [-0.39, 0.29) is 17.4 Å². The number of rotatable bonds is 8. The molecule has 2 aromatic carbocycles. The highest BCUT2D eigenvalue weighted by molar-refractivity contribution is 5.81. The van der Waals surface area contributed by atoms with Crippen molar-refractivity contribution < 1.29 is 13.9 Å². The summed E-state index contributed by atoms with van der Waals surface area (Å²) in [5.41, 5.74) is 1.01. The van der Waals surface area contributed by atoms with Gasteiger partial charge in [0.15, 0.2) is 0 Å². The molecule has 1 aliphatic carbocycles. The van der Waals surface area contributed by atoms with Crippen LogP contribution in [0, 0.1) is 5.92 Å². The molecule has 2 heterocycles. The maximum absolute atomic E-state index is 13.9. The van der Waals surface area contributed by atoms with Gasteiger partial charge >= 0.3 is 0 Å². The van der Waals surface area contributed by atoms with Crippen molar-refractivity contribution in [1.82, 2.24) is 14.5 Å². The number of carbonyl (C=O) groups is 1. The third-order valence-electron chi connectivity index (χ3n) is 6.69. The Hall–Kier alpha value is -3.87. The second-order valence-electron chi connectivity index (χ2n) is 8.88. The van der Waals surface area contributed by atoms with Gasteiger partial charge in [-0.1, -0.05) is 30.7 Å². The Kier molecular flexibility index (Phi) is 6.40. The largest absolute Gasteiger partial charge is 0.492 e. The van der Waals surface area contributed by atoms with Crippen molar-refractivity contribution in [3.8, 4) is 11.4 Å². The second-order valence-corrected chi connectivity index (χ2v) is 8.88. The Morgan fingerprint density at radius 3 is 2.63 bits per heavy atom. The molecule has 7 nitrogen and oxygen atoms in total. The van der Waals surface area contributed by atoms with E-state index in [9.17, 15) is 9.59 Å². The van der Waals surface area contributed by atoms with Crippen LogP contribution in [0.15, 0.2) is 76.1 Å². The summed E-state index contributed by atoms with van der Waals surface area (Å²) in [5, 5.41) is 0.512. The molecule has 1 unspecified atom stereocenters. The van der Waals surface area contributed by atoms with E-state index in [1.807, 2.05) is 68.4 Å². The molecule has 0 aliphatic heterocycles. The third kappa shape index (κ3) is 4.34. The van der Waals surface area contributed by atoms with E-state index >= 15 is 0 Å². The molecule has 0 bridgehead atoms. The molecule has 0 saturated heterocycles. The van der Waals surface area contributed by atoms with E-state index < -0.39 is 6.04 Å². The Morgan fingerprint density at radius 2 is 1.91 bits per heavy atom. The smallest absolute Gasteiger partial charge is 0.266 e. The van der Waals surface area contributed by atoms with Crippen molar-refractivity contribution in [2.24, 2.45) is 5.92 Å². The molecule has 0 spiro atoms. The van der Waals surface area contributed by atoms with E-state index in [2.05, 4.69) is 0 Å². The molecule has 35 heavy (non-hydrogen) atoms. The van der Waals surface area contributed by atoms with Crippen molar-refractivity contribution in [3.05, 3.63) is 88.9 Å². The van der Waals surface area contributed by atoms with Crippen LogP contribution in [0.4, 0.5) is 0 Å². The van der Waals surface area contributed by atoms with Crippen LogP contribution in [0.5, 0.6) is 5.75 Å². The van der Waals surface area contributed by atoms with Crippen LogP contribution in [-0.2, 0) is 11.3 Å². The number of amides is 1. The minimum absolute atomic E-state index is 0.0104. The summed E-state index contributed by atoms with van der Waals surface area (Å²) in [6, 6.07) is 17.9. The molecule has 0 N–H and O–H groups in total. The zero-order chi connectivity index (χ0) is 24.4. The minimum atomic E-state index is -0.486. The molecule has 1 aliphatic rings. The first kappa shape index (κ1) is 22.9. The molecular weight excluding hydrogens is 442 g/mol. The van der Waals surface area contributed by atoms with Crippen molar-refractivity contribution in [3.63, 3.8) is 0 Å². The quantitative estimate of drug-likeness (QED) is 0.350. The first-order chi connectivity index (χ1) is 17.1. The molecule has 180 valence electrons. The molecule has 5 rings (SSSR count). The normalized spacial score (nSPS) is 14.5. The highest BCUT2D eigenvalue weighted by Crippen LogP contribution is 2.34. The van der Waals surface area contributed by atoms with Crippen molar-refractivity contribution in [2.75, 3.05) is 6.61 Å². The van der Waals surface area contributed by atoms with Gasteiger partial charge in [-0.25, -0.2) is 4.98 Å². The van der Waals surface area contributed by atoms with Crippen LogP contribution in [0.25, 0.3) is 16.6 Å². The Balaban J connectivity index is 1.70. The summed E-state index contributed by atoms with van der Waals surface area (Å²) < 4.78 is 13.1. The van der Waals surface area contributed by atoms with Gasteiger partial charge in [-0.05, 0) is 63.1 Å². The number of hydrogen-bond acceptors (Lipinski definition) is 5. The number of aromatic nitrogens is 2. The number of nitrogens with zero attached hydrogens (tertiary/aromatic N) is 3. The zero-order valence-corrected chi connectivity index (χ0v) is 20.0. The van der Waals surface area contributed by atoms with Gasteiger partial charge in [0.1, 0.15) is 17.3 Å². The summed E-state index contributed by atoms with van der Waals surface area (Å²) in [4.78, 5) is 34.2. The van der Waals surface area contributed by atoms with Crippen molar-refractivity contribution in [2.45, 2.75) is 45.7 Å². The highest BCUT2D eigenvalue weighted by atomic mass is 16.5. The van der Waals surface area contributed by atoms with E-state index in [4.69, 9.17) is 14.1 Å². The number of fused-ring (bicyclic) bond motifs is 1. The molecule has 0 radical (unpaired) electrons. The summed E-state index contributed by atoms with van der Waals surface area (Å²) >= 11 is 0. The van der Waals surface area contributed by atoms with Gasteiger partial charge in [0.05, 0.1) is 42.0 Å². The molecule has 1 fully saturated rings. The van der Waals surface area contributed by atoms with Gasteiger partial charge in [0.2, 0.25) is 5.91 Å². The standard InChI is InChI=1S/C28H29N3O4/c1-3-34-25-16-7-6-15-24(25)31-26(29-23-14-5-4-13-22(23)28(31)33)19(2)30(18-21-12-9-17-35-21)27(32)20-10-8-11-20/h4-7,9,12-17,19-20H,3,8,10-11,18H2,1-2H3. The van der Waals surface area contributed by atoms with Crippen LogP contribution in [0.3, 0.4) is 0 Å². The maximum Gasteiger partial charge on any atom is 0.266 e. The highest BCUT2D eigenvalue weighted by Gasteiger charge is 2.35. The van der Waals surface area contributed by atoms with Crippen LogP contribution < -0.4 is 10.3 Å². The van der Waals surface area contributed by atoms with Gasteiger partial charge < -0.3 is 14.1 Å². The summed E-state index contributed by atoms with van der Waals surface area (Å²) in [7, 11) is 0. The number of hydrogen-bond donors (Lipinski definition) is 0. The summed E-state index contributed by atoms with van der Waals surface area (Å²) in [6.45, 7) is 4.60. The summed E-state index contributed by atoms with van der Waals surface area (Å²) in [5.74, 6) is 1.82. The number of carbonyl (C=O) groups excluding carboxylic acids is 1. The third-order valence-corrected chi connectivity index (χ3v) is 6.69. The van der Waals surface area contributed by atoms with Gasteiger partial charge in [0.25, 0.3) is 5.56 Å². The molecular formula is C28H29N3O4. The number of benzene rings is 2. The lowest BCUT2D eigenvalue weighted by Crippen LogP contribution is -2.42. The Morgan fingerprint density at radius 1 is 1.14 bits per heavy atom. The zero-order valence-electron chi connectivity index (χ0n) is 20.0. The predicted octanol–water partition coefficient (Wildman–Crippen LogP) is 5.27. The van der Waals surface area contributed by atoms with Crippen molar-refractivity contribution >= 4 is 16.8 Å². The lowest BCUT2D eigenvalue weighted by molar-refractivity contribution is -0.141. The fourth-order valence-corrected chi connectivity index (χ4v) is 4.59. The fraction of sp³-hybridized carbons (Fsp3) is 0.321. The van der Waals surface area contributed by atoms with E-state index in [0.29, 0.717) is 47.1 Å². The molecule has 1 atom stereocenters. The first-order valence-corrected chi connectivity index (χ1v) is 12.1. The maximum atomic E-state index is 13.9. The van der Waals surface area contributed by atoms with Gasteiger partial charge in [0, 0.05) is 5.92 Å². The lowest BCUT2D eigenvalue weighted by Gasteiger charge is -2.35.